The van der Waals surface area contributed by atoms with Crippen molar-refractivity contribution in [1.82, 2.24) is 10.2 Å². The maximum atomic E-state index is 13.9. The number of ether oxygens (including phenoxy) is 1. The average Bonchev–Trinajstić information content (AvgIpc) is 2.45. The van der Waals surface area contributed by atoms with Gasteiger partial charge in [-0.05, 0) is 31.5 Å². The first kappa shape index (κ1) is 18.3. The highest BCUT2D eigenvalue weighted by Crippen LogP contribution is 2.20. The lowest BCUT2D eigenvalue weighted by atomic mass is 10.1. The highest BCUT2D eigenvalue weighted by atomic mass is 32.2. The molecule has 0 unspecified atom stereocenters. The van der Waals surface area contributed by atoms with Crippen LogP contribution in [0.2, 0.25) is 0 Å². The Balaban J connectivity index is 1.88. The van der Waals surface area contributed by atoms with E-state index in [4.69, 9.17) is 4.74 Å². The quantitative estimate of drug-likeness (QED) is 0.849. The lowest BCUT2D eigenvalue weighted by molar-refractivity contribution is -0.0178. The van der Waals surface area contributed by atoms with E-state index in [2.05, 4.69) is 17.1 Å². The standard InChI is InChI=1S/C16H25FN2O3S/c1-12-11-19(8-9-22-12)7-6-18-13(2)14-4-5-16(15(17)10-14)23(3,20)21/h4-5,10,12-13,18H,6-9,11H2,1-3H3/t12-,13-/m1/s1. The van der Waals surface area contributed by atoms with Gasteiger partial charge in [0.2, 0.25) is 0 Å². The van der Waals surface area contributed by atoms with Gasteiger partial charge in [0.15, 0.2) is 9.84 Å². The maximum absolute atomic E-state index is 13.9. The summed E-state index contributed by atoms with van der Waals surface area (Å²) in [6.45, 7) is 8.30. The van der Waals surface area contributed by atoms with E-state index in [0.717, 1.165) is 44.6 Å². The average molecular weight is 344 g/mol. The largest absolute Gasteiger partial charge is 0.376 e. The molecule has 0 saturated carbocycles. The first-order valence-electron chi connectivity index (χ1n) is 7.84. The fraction of sp³-hybridized carbons (Fsp3) is 0.625. The minimum atomic E-state index is -3.53. The van der Waals surface area contributed by atoms with Crippen molar-refractivity contribution in [1.29, 1.82) is 0 Å². The van der Waals surface area contributed by atoms with Crippen LogP contribution >= 0.6 is 0 Å². The summed E-state index contributed by atoms with van der Waals surface area (Å²) in [5.41, 5.74) is 0.741. The molecule has 7 heteroatoms. The molecule has 1 aliphatic heterocycles. The normalized spacial score (nSPS) is 21.3. The summed E-state index contributed by atoms with van der Waals surface area (Å²) in [6, 6.07) is 4.25. The Hall–Kier alpha value is -1.02. The van der Waals surface area contributed by atoms with Crippen LogP contribution in [0.25, 0.3) is 0 Å². The monoisotopic (exact) mass is 344 g/mol. The van der Waals surface area contributed by atoms with Gasteiger partial charge in [0.05, 0.1) is 12.7 Å². The second-order valence-electron chi connectivity index (χ2n) is 6.12. The highest BCUT2D eigenvalue weighted by molar-refractivity contribution is 7.90. The number of hydrogen-bond acceptors (Lipinski definition) is 5. The third-order valence-electron chi connectivity index (χ3n) is 4.06. The van der Waals surface area contributed by atoms with Gasteiger partial charge in [-0.1, -0.05) is 6.07 Å². The molecule has 0 bridgehead atoms. The predicted molar refractivity (Wildman–Crippen MR) is 87.8 cm³/mol. The molecule has 130 valence electrons. The Morgan fingerprint density at radius 2 is 2.22 bits per heavy atom. The number of morpholine rings is 1. The number of nitrogens with zero attached hydrogens (tertiary/aromatic N) is 1. The number of rotatable bonds is 6. The van der Waals surface area contributed by atoms with Crippen molar-refractivity contribution in [2.24, 2.45) is 0 Å². The molecule has 1 fully saturated rings. The minimum absolute atomic E-state index is 0.0448. The zero-order valence-corrected chi connectivity index (χ0v) is 14.7. The summed E-state index contributed by atoms with van der Waals surface area (Å²) in [4.78, 5) is 2.08. The van der Waals surface area contributed by atoms with Crippen LogP contribution in [-0.2, 0) is 14.6 Å². The van der Waals surface area contributed by atoms with E-state index >= 15 is 0 Å². The summed E-state index contributed by atoms with van der Waals surface area (Å²) in [5, 5.41) is 3.35. The number of sulfone groups is 1. The van der Waals surface area contributed by atoms with Gasteiger partial charge in [0.25, 0.3) is 0 Å². The van der Waals surface area contributed by atoms with Crippen LogP contribution in [0.5, 0.6) is 0 Å². The molecular weight excluding hydrogens is 319 g/mol. The minimum Gasteiger partial charge on any atom is -0.376 e. The third kappa shape index (κ3) is 5.24. The van der Waals surface area contributed by atoms with Crippen LogP contribution in [0.15, 0.2) is 23.1 Å². The number of halogens is 1. The third-order valence-corrected chi connectivity index (χ3v) is 5.19. The van der Waals surface area contributed by atoms with Crippen LogP contribution in [0.1, 0.15) is 25.5 Å². The molecule has 1 aliphatic rings. The Morgan fingerprint density at radius 1 is 1.48 bits per heavy atom. The van der Waals surface area contributed by atoms with Crippen LogP contribution in [0, 0.1) is 5.82 Å². The molecule has 0 aliphatic carbocycles. The van der Waals surface area contributed by atoms with E-state index < -0.39 is 15.7 Å². The SMILES string of the molecule is C[C@@H]1CN(CCN[C@H](C)c2ccc(S(C)(=O)=O)c(F)c2)CCO1. The fourth-order valence-electron chi connectivity index (χ4n) is 2.74. The lowest BCUT2D eigenvalue weighted by Crippen LogP contribution is -2.44. The van der Waals surface area contributed by atoms with Crippen molar-refractivity contribution in [2.75, 3.05) is 39.0 Å². The first-order valence-corrected chi connectivity index (χ1v) is 9.73. The van der Waals surface area contributed by atoms with Gasteiger partial charge >= 0.3 is 0 Å². The van der Waals surface area contributed by atoms with Crippen molar-refractivity contribution in [3.05, 3.63) is 29.6 Å². The van der Waals surface area contributed by atoms with Crippen molar-refractivity contribution >= 4 is 9.84 Å². The summed E-state index contributed by atoms with van der Waals surface area (Å²) in [5.74, 6) is -0.694. The molecule has 1 heterocycles. The zero-order chi connectivity index (χ0) is 17.0. The van der Waals surface area contributed by atoms with Crippen LogP contribution < -0.4 is 5.32 Å². The summed E-state index contributed by atoms with van der Waals surface area (Å²) >= 11 is 0. The molecule has 23 heavy (non-hydrogen) atoms. The number of benzene rings is 1. The van der Waals surface area contributed by atoms with Crippen LogP contribution in [-0.4, -0.2) is 58.5 Å². The molecule has 2 rings (SSSR count). The Kier molecular flexibility index (Phi) is 6.13. The first-order chi connectivity index (χ1) is 10.8. The summed E-state index contributed by atoms with van der Waals surface area (Å²) in [7, 11) is -3.53. The molecule has 1 N–H and O–H groups in total. The molecule has 0 aromatic heterocycles. The molecule has 0 radical (unpaired) electrons. The molecule has 5 nitrogen and oxygen atoms in total. The molecule has 1 aromatic rings. The molecule has 0 amide bonds. The van der Waals surface area contributed by atoms with Crippen molar-refractivity contribution in [3.63, 3.8) is 0 Å². The van der Waals surface area contributed by atoms with Gasteiger partial charge < -0.3 is 10.1 Å². The van der Waals surface area contributed by atoms with Gasteiger partial charge in [-0.2, -0.15) is 0 Å². The molecule has 1 saturated heterocycles. The predicted octanol–water partition coefficient (Wildman–Crippen LogP) is 1.60. The zero-order valence-electron chi connectivity index (χ0n) is 13.9. The van der Waals surface area contributed by atoms with E-state index in [9.17, 15) is 12.8 Å². The second-order valence-corrected chi connectivity index (χ2v) is 8.10. The molecule has 2 atom stereocenters. The highest BCUT2D eigenvalue weighted by Gasteiger charge is 2.17. The van der Waals surface area contributed by atoms with Crippen molar-refractivity contribution < 1.29 is 17.5 Å². The van der Waals surface area contributed by atoms with E-state index in [1.807, 2.05) is 6.92 Å². The summed E-state index contributed by atoms with van der Waals surface area (Å²) < 4.78 is 42.3. The van der Waals surface area contributed by atoms with Gasteiger partial charge in [0.1, 0.15) is 10.7 Å². The Labute approximate surface area is 137 Å². The molecule has 1 aromatic carbocycles. The Bertz CT molecular complexity index is 636. The smallest absolute Gasteiger partial charge is 0.178 e. The number of hydrogen-bond donors (Lipinski definition) is 1. The lowest BCUT2D eigenvalue weighted by Gasteiger charge is -2.31. The van der Waals surface area contributed by atoms with Crippen molar-refractivity contribution in [3.8, 4) is 0 Å². The van der Waals surface area contributed by atoms with Gasteiger partial charge in [-0.25, -0.2) is 12.8 Å². The second kappa shape index (κ2) is 7.70. The van der Waals surface area contributed by atoms with Crippen LogP contribution in [0.4, 0.5) is 4.39 Å². The van der Waals surface area contributed by atoms with Gasteiger partial charge in [-0.3, -0.25) is 4.90 Å². The van der Waals surface area contributed by atoms with E-state index in [-0.39, 0.29) is 17.0 Å². The van der Waals surface area contributed by atoms with Crippen molar-refractivity contribution in [2.45, 2.75) is 30.9 Å². The van der Waals surface area contributed by atoms with Gasteiger partial charge in [-0.15, -0.1) is 0 Å². The summed E-state index contributed by atoms with van der Waals surface area (Å²) in [6.07, 6.45) is 1.27. The molecular formula is C16H25FN2O3S. The van der Waals surface area contributed by atoms with E-state index in [1.165, 1.54) is 12.1 Å². The maximum Gasteiger partial charge on any atom is 0.178 e. The van der Waals surface area contributed by atoms with E-state index in [1.54, 1.807) is 6.07 Å². The fourth-order valence-corrected chi connectivity index (χ4v) is 3.47. The Morgan fingerprint density at radius 3 is 2.83 bits per heavy atom. The van der Waals surface area contributed by atoms with Crippen LogP contribution in [0.3, 0.4) is 0 Å². The van der Waals surface area contributed by atoms with E-state index in [0.29, 0.717) is 0 Å². The topological polar surface area (TPSA) is 58.6 Å². The number of nitrogens with one attached hydrogen (secondary N) is 1. The van der Waals surface area contributed by atoms with Gasteiger partial charge in [0, 0.05) is 38.5 Å². The molecule has 0 spiro atoms.